The quantitative estimate of drug-likeness (QED) is 0.820. The highest BCUT2D eigenvalue weighted by molar-refractivity contribution is 5.85. The Kier molecular flexibility index (Phi) is 6.48. The average molecular weight is 309 g/mol. The van der Waals surface area contributed by atoms with Gasteiger partial charge in [-0.3, -0.25) is 9.59 Å². The summed E-state index contributed by atoms with van der Waals surface area (Å²) in [6.45, 7) is 0.559. The van der Waals surface area contributed by atoms with E-state index in [0.717, 1.165) is 4.90 Å². The Balaban J connectivity index is 2.83. The normalized spacial score (nSPS) is 22.9. The van der Waals surface area contributed by atoms with Crippen molar-refractivity contribution in [1.82, 2.24) is 4.90 Å². The van der Waals surface area contributed by atoms with Gasteiger partial charge in [-0.1, -0.05) is 26.2 Å². The van der Waals surface area contributed by atoms with Gasteiger partial charge in [-0.05, 0) is 19.3 Å². The van der Waals surface area contributed by atoms with Crippen LogP contribution in [0.2, 0.25) is 0 Å². The molecule has 0 unspecified atom stereocenters. The third-order valence-corrected chi connectivity index (χ3v) is 3.86. The van der Waals surface area contributed by atoms with E-state index >= 15 is 0 Å². The molecule has 0 aromatic rings. The fourth-order valence-electron chi connectivity index (χ4n) is 2.79. The van der Waals surface area contributed by atoms with Crippen LogP contribution in [0.3, 0.4) is 0 Å². The minimum Gasteiger partial charge on any atom is -0.481 e. The largest absolute Gasteiger partial charge is 0.481 e. The van der Waals surface area contributed by atoms with Crippen LogP contribution in [0, 0.1) is 11.8 Å². The number of alkyl halides is 3. The van der Waals surface area contributed by atoms with Crippen LogP contribution in [-0.4, -0.2) is 41.1 Å². The molecule has 0 bridgehead atoms. The Labute approximate surface area is 122 Å². The Hall–Kier alpha value is -1.27. The van der Waals surface area contributed by atoms with Crippen molar-refractivity contribution in [3.8, 4) is 0 Å². The van der Waals surface area contributed by atoms with Gasteiger partial charge >= 0.3 is 12.1 Å². The first kappa shape index (κ1) is 17.8. The minimum atomic E-state index is -4.46. The van der Waals surface area contributed by atoms with E-state index in [-0.39, 0.29) is 6.54 Å². The van der Waals surface area contributed by atoms with E-state index in [1.54, 1.807) is 0 Å². The van der Waals surface area contributed by atoms with E-state index in [9.17, 15) is 22.8 Å². The molecule has 0 radical (unpaired) electrons. The zero-order valence-corrected chi connectivity index (χ0v) is 12.2. The summed E-state index contributed by atoms with van der Waals surface area (Å²) in [4.78, 5) is 24.3. The zero-order valence-electron chi connectivity index (χ0n) is 12.2. The van der Waals surface area contributed by atoms with E-state index in [4.69, 9.17) is 5.11 Å². The lowest BCUT2D eigenvalue weighted by molar-refractivity contribution is -0.168. The molecule has 7 heteroatoms. The highest BCUT2D eigenvalue weighted by atomic mass is 19.4. The van der Waals surface area contributed by atoms with Gasteiger partial charge in [0.15, 0.2) is 0 Å². The maximum absolute atomic E-state index is 12.6. The minimum absolute atomic E-state index is 0.0255. The SMILES string of the molecule is CCCCN(CC(F)(F)F)C(=O)[C@@H]1CCCC[C@@H]1C(=O)O. The van der Waals surface area contributed by atoms with Crippen molar-refractivity contribution < 1.29 is 27.9 Å². The predicted octanol–water partition coefficient (Wildman–Crippen LogP) is 3.07. The molecular weight excluding hydrogens is 287 g/mol. The van der Waals surface area contributed by atoms with Gasteiger partial charge in [0.2, 0.25) is 5.91 Å². The molecule has 122 valence electrons. The van der Waals surface area contributed by atoms with E-state index < -0.39 is 36.4 Å². The molecule has 1 aliphatic carbocycles. The lowest BCUT2D eigenvalue weighted by atomic mass is 9.78. The molecule has 0 heterocycles. The second-order valence-electron chi connectivity index (χ2n) is 5.56. The summed E-state index contributed by atoms with van der Waals surface area (Å²) < 4.78 is 37.8. The summed E-state index contributed by atoms with van der Waals surface area (Å²) in [6.07, 6.45) is -1.20. The van der Waals surface area contributed by atoms with Crippen LogP contribution in [0.4, 0.5) is 13.2 Å². The molecule has 0 aromatic carbocycles. The van der Waals surface area contributed by atoms with E-state index in [2.05, 4.69) is 0 Å². The highest BCUT2D eigenvalue weighted by Crippen LogP contribution is 2.32. The maximum Gasteiger partial charge on any atom is 0.406 e. The molecule has 0 spiro atoms. The molecule has 2 atom stereocenters. The van der Waals surface area contributed by atoms with Gasteiger partial charge in [0.25, 0.3) is 0 Å². The van der Waals surface area contributed by atoms with Gasteiger partial charge < -0.3 is 10.0 Å². The summed E-state index contributed by atoms with van der Waals surface area (Å²) in [5.74, 6) is -3.43. The van der Waals surface area contributed by atoms with Gasteiger partial charge in [0, 0.05) is 6.54 Å². The number of hydrogen-bond acceptors (Lipinski definition) is 2. The lowest BCUT2D eigenvalue weighted by Gasteiger charge is -2.33. The van der Waals surface area contributed by atoms with Crippen molar-refractivity contribution >= 4 is 11.9 Å². The summed E-state index contributed by atoms with van der Waals surface area (Å²) in [7, 11) is 0. The molecule has 1 aliphatic rings. The Morgan fingerprint density at radius 2 is 1.76 bits per heavy atom. The summed E-state index contributed by atoms with van der Waals surface area (Å²) in [6, 6.07) is 0. The first-order chi connectivity index (χ1) is 9.76. The molecule has 1 saturated carbocycles. The molecule has 4 nitrogen and oxygen atoms in total. The molecule has 0 saturated heterocycles. The van der Waals surface area contributed by atoms with Gasteiger partial charge in [-0.25, -0.2) is 0 Å². The van der Waals surface area contributed by atoms with Crippen LogP contribution in [0.15, 0.2) is 0 Å². The number of aliphatic carboxylic acids is 1. The summed E-state index contributed by atoms with van der Waals surface area (Å²) in [5.41, 5.74) is 0. The lowest BCUT2D eigenvalue weighted by Crippen LogP contribution is -2.46. The standard InChI is InChI=1S/C14H22F3NO3/c1-2-3-8-18(9-14(15,16)17)12(19)10-6-4-5-7-11(10)13(20)21/h10-11H,2-9H2,1H3,(H,20,21)/t10-,11+/m1/s1. The number of amides is 1. The first-order valence-electron chi connectivity index (χ1n) is 7.34. The maximum atomic E-state index is 12.6. The van der Waals surface area contributed by atoms with E-state index in [0.29, 0.717) is 38.5 Å². The monoisotopic (exact) mass is 309 g/mol. The number of carboxylic acid groups (broad SMARTS) is 1. The van der Waals surface area contributed by atoms with E-state index in [1.165, 1.54) is 0 Å². The molecule has 21 heavy (non-hydrogen) atoms. The van der Waals surface area contributed by atoms with Crippen molar-refractivity contribution in [1.29, 1.82) is 0 Å². The van der Waals surface area contributed by atoms with Crippen LogP contribution in [0.1, 0.15) is 45.4 Å². The number of carbonyl (C=O) groups excluding carboxylic acids is 1. The van der Waals surface area contributed by atoms with Gasteiger partial charge in [-0.2, -0.15) is 13.2 Å². The van der Waals surface area contributed by atoms with Gasteiger partial charge in [0.1, 0.15) is 6.54 Å². The van der Waals surface area contributed by atoms with Crippen LogP contribution < -0.4 is 0 Å². The second kappa shape index (κ2) is 7.66. The molecule has 0 aromatic heterocycles. The Bertz CT molecular complexity index is 371. The molecular formula is C14H22F3NO3. The number of nitrogens with zero attached hydrogens (tertiary/aromatic N) is 1. The van der Waals surface area contributed by atoms with Crippen molar-refractivity contribution in [3.63, 3.8) is 0 Å². The predicted molar refractivity (Wildman–Crippen MR) is 70.6 cm³/mol. The molecule has 1 fully saturated rings. The third-order valence-electron chi connectivity index (χ3n) is 3.86. The fourth-order valence-corrected chi connectivity index (χ4v) is 2.79. The number of unbranched alkanes of at least 4 members (excludes halogenated alkanes) is 1. The van der Waals surface area contributed by atoms with Crippen LogP contribution in [-0.2, 0) is 9.59 Å². The molecule has 1 rings (SSSR count). The molecule has 1 N–H and O–H groups in total. The number of carbonyl (C=O) groups is 2. The fraction of sp³-hybridized carbons (Fsp3) is 0.857. The molecule has 1 amide bonds. The summed E-state index contributed by atoms with van der Waals surface area (Å²) >= 11 is 0. The Morgan fingerprint density at radius 3 is 2.24 bits per heavy atom. The Morgan fingerprint density at radius 1 is 1.19 bits per heavy atom. The van der Waals surface area contributed by atoms with Crippen molar-refractivity contribution in [3.05, 3.63) is 0 Å². The van der Waals surface area contributed by atoms with Crippen molar-refractivity contribution in [2.45, 2.75) is 51.6 Å². The molecule has 0 aliphatic heterocycles. The van der Waals surface area contributed by atoms with Gasteiger partial charge in [0.05, 0.1) is 11.8 Å². The zero-order chi connectivity index (χ0) is 16.0. The van der Waals surface area contributed by atoms with Crippen LogP contribution >= 0.6 is 0 Å². The number of rotatable bonds is 6. The smallest absolute Gasteiger partial charge is 0.406 e. The van der Waals surface area contributed by atoms with Crippen LogP contribution in [0.5, 0.6) is 0 Å². The average Bonchev–Trinajstić information content (AvgIpc) is 2.41. The van der Waals surface area contributed by atoms with E-state index in [1.807, 2.05) is 6.92 Å². The number of hydrogen-bond donors (Lipinski definition) is 1. The van der Waals surface area contributed by atoms with Crippen molar-refractivity contribution in [2.75, 3.05) is 13.1 Å². The number of halogens is 3. The third kappa shape index (κ3) is 5.55. The van der Waals surface area contributed by atoms with Crippen molar-refractivity contribution in [2.24, 2.45) is 11.8 Å². The van der Waals surface area contributed by atoms with Crippen LogP contribution in [0.25, 0.3) is 0 Å². The second-order valence-corrected chi connectivity index (χ2v) is 5.56. The highest BCUT2D eigenvalue weighted by Gasteiger charge is 2.40. The first-order valence-corrected chi connectivity index (χ1v) is 7.34. The number of carboxylic acids is 1. The summed E-state index contributed by atoms with van der Waals surface area (Å²) in [5, 5.41) is 9.16. The topological polar surface area (TPSA) is 57.6 Å². The van der Waals surface area contributed by atoms with Gasteiger partial charge in [-0.15, -0.1) is 0 Å².